The van der Waals surface area contributed by atoms with Crippen molar-refractivity contribution >= 4 is 35.0 Å². The molecule has 6 nitrogen and oxygen atoms in total. The van der Waals surface area contributed by atoms with Crippen molar-refractivity contribution in [1.82, 2.24) is 20.6 Å². The number of nitrogens with one attached hydrogen (secondary N) is 3. The van der Waals surface area contributed by atoms with Crippen LogP contribution in [0.2, 0.25) is 10.0 Å². The third kappa shape index (κ3) is 5.92. The van der Waals surface area contributed by atoms with Gasteiger partial charge in [0.25, 0.3) is 0 Å². The summed E-state index contributed by atoms with van der Waals surface area (Å²) in [6.45, 7) is 1.90. The van der Waals surface area contributed by atoms with E-state index < -0.39 is 0 Å². The van der Waals surface area contributed by atoms with Crippen LogP contribution in [-0.4, -0.2) is 36.1 Å². The van der Waals surface area contributed by atoms with Gasteiger partial charge in [-0.15, -0.1) is 0 Å². The smallest absolute Gasteiger partial charge is 0.191 e. The zero-order chi connectivity index (χ0) is 16.5. The Labute approximate surface area is 145 Å². The fraction of sp³-hybridized carbons (Fsp3) is 0.267. The van der Waals surface area contributed by atoms with Crippen LogP contribution in [0.1, 0.15) is 5.69 Å². The number of aliphatic imine (C=N–C) groups is 1. The molecule has 0 spiro atoms. The molecule has 0 aromatic carbocycles. The van der Waals surface area contributed by atoms with Crippen molar-refractivity contribution < 1.29 is 0 Å². The van der Waals surface area contributed by atoms with E-state index in [0.29, 0.717) is 41.5 Å². The minimum Gasteiger partial charge on any atom is -0.367 e. The Morgan fingerprint density at radius 3 is 2.74 bits per heavy atom. The van der Waals surface area contributed by atoms with Gasteiger partial charge in [0.15, 0.2) is 5.96 Å². The first-order valence-electron chi connectivity index (χ1n) is 7.08. The summed E-state index contributed by atoms with van der Waals surface area (Å²) >= 11 is 11.9. The number of nitrogens with zero attached hydrogens (tertiary/aromatic N) is 3. The van der Waals surface area contributed by atoms with Crippen molar-refractivity contribution in [3.63, 3.8) is 0 Å². The van der Waals surface area contributed by atoms with Crippen LogP contribution in [0.4, 0.5) is 5.82 Å². The normalized spacial score (nSPS) is 11.2. The molecule has 0 unspecified atom stereocenters. The second-order valence-corrected chi connectivity index (χ2v) is 5.43. The first kappa shape index (κ1) is 17.3. The summed E-state index contributed by atoms with van der Waals surface area (Å²) in [4.78, 5) is 12.5. The molecule has 0 aliphatic rings. The first-order valence-corrected chi connectivity index (χ1v) is 7.84. The Bertz CT molecular complexity index is 648. The van der Waals surface area contributed by atoms with Crippen LogP contribution in [0.5, 0.6) is 0 Å². The van der Waals surface area contributed by atoms with Crippen molar-refractivity contribution in [1.29, 1.82) is 0 Å². The summed E-state index contributed by atoms with van der Waals surface area (Å²) in [6.07, 6.45) is 3.32. The van der Waals surface area contributed by atoms with Gasteiger partial charge >= 0.3 is 0 Å². The molecule has 0 fully saturated rings. The molecule has 0 atom stereocenters. The van der Waals surface area contributed by atoms with Gasteiger partial charge in [0, 0.05) is 32.5 Å². The SMILES string of the molecule is CN=C(NCCNc1ncc(Cl)cc1Cl)NCc1ccccn1. The summed E-state index contributed by atoms with van der Waals surface area (Å²) in [7, 11) is 1.72. The van der Waals surface area contributed by atoms with E-state index in [1.807, 2.05) is 18.2 Å². The molecule has 0 bridgehead atoms. The molecule has 2 heterocycles. The Kier molecular flexibility index (Phi) is 6.90. The van der Waals surface area contributed by atoms with E-state index in [4.69, 9.17) is 23.2 Å². The lowest BCUT2D eigenvalue weighted by atomic mass is 10.3. The molecule has 3 N–H and O–H groups in total. The molecule has 8 heteroatoms. The molecule has 2 aromatic rings. The number of pyridine rings is 2. The Morgan fingerprint density at radius 1 is 1.17 bits per heavy atom. The maximum atomic E-state index is 6.04. The van der Waals surface area contributed by atoms with Gasteiger partial charge in [-0.25, -0.2) is 4.98 Å². The van der Waals surface area contributed by atoms with Crippen molar-refractivity contribution in [3.8, 4) is 0 Å². The summed E-state index contributed by atoms with van der Waals surface area (Å²) in [5.74, 6) is 1.31. The highest BCUT2D eigenvalue weighted by atomic mass is 35.5. The molecule has 0 saturated heterocycles. The second-order valence-electron chi connectivity index (χ2n) is 4.58. The summed E-state index contributed by atoms with van der Waals surface area (Å²) < 4.78 is 0. The number of hydrogen-bond donors (Lipinski definition) is 3. The zero-order valence-corrected chi connectivity index (χ0v) is 14.2. The Hall–Kier alpha value is -2.05. The predicted molar refractivity (Wildman–Crippen MR) is 95.2 cm³/mol. The van der Waals surface area contributed by atoms with Gasteiger partial charge in [0.2, 0.25) is 0 Å². The molecule has 2 aromatic heterocycles. The van der Waals surface area contributed by atoms with Crippen LogP contribution in [0.15, 0.2) is 41.7 Å². The molecular formula is C15H18Cl2N6. The van der Waals surface area contributed by atoms with E-state index in [1.54, 1.807) is 25.5 Å². The number of hydrogen-bond acceptors (Lipinski definition) is 4. The Balaban J connectivity index is 1.71. The molecule has 0 amide bonds. The van der Waals surface area contributed by atoms with E-state index in [2.05, 4.69) is 30.9 Å². The van der Waals surface area contributed by atoms with Gasteiger partial charge in [-0.05, 0) is 18.2 Å². The fourth-order valence-corrected chi connectivity index (χ4v) is 2.25. The number of guanidine groups is 1. The fourth-order valence-electron chi connectivity index (χ4n) is 1.80. The van der Waals surface area contributed by atoms with Gasteiger partial charge in [0.1, 0.15) is 5.82 Å². The quantitative estimate of drug-likeness (QED) is 0.423. The molecular weight excluding hydrogens is 335 g/mol. The van der Waals surface area contributed by atoms with Crippen LogP contribution in [0, 0.1) is 0 Å². The maximum Gasteiger partial charge on any atom is 0.191 e. The van der Waals surface area contributed by atoms with E-state index in [1.165, 1.54) is 0 Å². The number of halogens is 2. The van der Waals surface area contributed by atoms with Crippen LogP contribution in [-0.2, 0) is 6.54 Å². The summed E-state index contributed by atoms with van der Waals surface area (Å²) in [5, 5.41) is 10.5. The third-order valence-electron chi connectivity index (χ3n) is 2.90. The summed E-state index contributed by atoms with van der Waals surface area (Å²) in [5.41, 5.74) is 0.950. The van der Waals surface area contributed by atoms with Crippen molar-refractivity contribution in [3.05, 3.63) is 52.4 Å². The van der Waals surface area contributed by atoms with Gasteiger partial charge in [-0.3, -0.25) is 9.98 Å². The monoisotopic (exact) mass is 352 g/mol. The van der Waals surface area contributed by atoms with Crippen LogP contribution < -0.4 is 16.0 Å². The lowest BCUT2D eigenvalue weighted by Crippen LogP contribution is -2.39. The van der Waals surface area contributed by atoms with Crippen molar-refractivity contribution in [2.45, 2.75) is 6.54 Å². The van der Waals surface area contributed by atoms with Gasteiger partial charge in [-0.1, -0.05) is 29.3 Å². The average molecular weight is 353 g/mol. The summed E-state index contributed by atoms with van der Waals surface area (Å²) in [6, 6.07) is 7.44. The highest BCUT2D eigenvalue weighted by Gasteiger charge is 2.02. The zero-order valence-electron chi connectivity index (χ0n) is 12.7. The van der Waals surface area contributed by atoms with E-state index >= 15 is 0 Å². The predicted octanol–water partition coefficient (Wildman–Crippen LogP) is 2.56. The maximum absolute atomic E-state index is 6.04. The van der Waals surface area contributed by atoms with E-state index in [0.717, 1.165) is 5.69 Å². The van der Waals surface area contributed by atoms with Gasteiger partial charge in [0.05, 0.1) is 22.3 Å². The standard InChI is InChI=1S/C15H18Cl2N6/c1-18-15(23-10-12-4-2-3-5-19-12)21-7-6-20-14-13(17)8-11(16)9-22-14/h2-5,8-9H,6-7,10H2,1H3,(H,20,22)(H2,18,21,23). The number of rotatable bonds is 6. The lowest BCUT2D eigenvalue weighted by molar-refractivity contribution is 0.797. The highest BCUT2D eigenvalue weighted by molar-refractivity contribution is 6.35. The Morgan fingerprint density at radius 2 is 2.04 bits per heavy atom. The van der Waals surface area contributed by atoms with Gasteiger partial charge in [-0.2, -0.15) is 0 Å². The van der Waals surface area contributed by atoms with Crippen LogP contribution in [0.3, 0.4) is 0 Å². The van der Waals surface area contributed by atoms with Gasteiger partial charge < -0.3 is 16.0 Å². The average Bonchev–Trinajstić information content (AvgIpc) is 2.57. The topological polar surface area (TPSA) is 74.2 Å². The lowest BCUT2D eigenvalue weighted by Gasteiger charge is -2.12. The molecule has 0 radical (unpaired) electrons. The molecule has 0 saturated carbocycles. The number of aromatic nitrogens is 2. The van der Waals surface area contributed by atoms with Crippen LogP contribution in [0.25, 0.3) is 0 Å². The van der Waals surface area contributed by atoms with Crippen molar-refractivity contribution in [2.24, 2.45) is 4.99 Å². The molecule has 0 aliphatic carbocycles. The first-order chi connectivity index (χ1) is 11.2. The third-order valence-corrected chi connectivity index (χ3v) is 3.40. The molecule has 0 aliphatic heterocycles. The largest absolute Gasteiger partial charge is 0.367 e. The molecule has 2 rings (SSSR count). The van der Waals surface area contributed by atoms with E-state index in [-0.39, 0.29) is 0 Å². The minimum absolute atomic E-state index is 0.496. The highest BCUT2D eigenvalue weighted by Crippen LogP contribution is 2.21. The second kappa shape index (κ2) is 9.17. The minimum atomic E-state index is 0.496. The molecule has 122 valence electrons. The van der Waals surface area contributed by atoms with Crippen molar-refractivity contribution in [2.75, 3.05) is 25.5 Å². The van der Waals surface area contributed by atoms with E-state index in [9.17, 15) is 0 Å². The number of anilines is 1. The van der Waals surface area contributed by atoms with Crippen LogP contribution >= 0.6 is 23.2 Å². The molecule has 23 heavy (non-hydrogen) atoms.